The molecule has 0 spiro atoms. The monoisotopic (exact) mass is 424 g/mol. The molecule has 4 heteroatoms. The molecule has 1 heterocycles. The molecule has 1 N–H and O–H groups in total. The van der Waals surface area contributed by atoms with Crippen LogP contribution in [0.15, 0.2) is 78.9 Å². The fraction of sp³-hybridized carbons (Fsp3) is 0.250. The number of fused-ring (bicyclic) bond motifs is 3. The standard InChI is InChI=1S/C28H28N2O2/c31-28(29-17-7-8-21-13-15-22(16-14-21)30-18-5-6-19-30)32-20-27-25-11-3-1-9-23(25)24-10-2-4-12-26(24)27/h1-4,7-16,27H,5-6,17-20H2,(H,29,31). The summed E-state index contributed by atoms with van der Waals surface area (Å²) in [6.45, 7) is 3.07. The van der Waals surface area contributed by atoms with Gasteiger partial charge in [0.2, 0.25) is 0 Å². The minimum atomic E-state index is -0.388. The molecule has 162 valence electrons. The van der Waals surface area contributed by atoms with Crippen molar-refractivity contribution in [3.63, 3.8) is 0 Å². The third-order valence-corrected chi connectivity index (χ3v) is 6.38. The molecule has 32 heavy (non-hydrogen) atoms. The van der Waals surface area contributed by atoms with Crippen LogP contribution >= 0.6 is 0 Å². The van der Waals surface area contributed by atoms with E-state index in [-0.39, 0.29) is 12.0 Å². The van der Waals surface area contributed by atoms with Gasteiger partial charge in [-0.1, -0.05) is 72.8 Å². The topological polar surface area (TPSA) is 41.6 Å². The lowest BCUT2D eigenvalue weighted by molar-refractivity contribution is 0.144. The Kier molecular flexibility index (Phi) is 5.93. The third-order valence-electron chi connectivity index (χ3n) is 6.38. The molecule has 3 aromatic rings. The summed E-state index contributed by atoms with van der Waals surface area (Å²) in [5.41, 5.74) is 7.32. The molecule has 1 aliphatic carbocycles. The van der Waals surface area contributed by atoms with Crippen LogP contribution in [0.25, 0.3) is 17.2 Å². The lowest BCUT2D eigenvalue weighted by Crippen LogP contribution is -2.26. The van der Waals surface area contributed by atoms with E-state index in [9.17, 15) is 4.79 Å². The second kappa shape index (κ2) is 9.31. The molecule has 0 bridgehead atoms. The van der Waals surface area contributed by atoms with E-state index in [4.69, 9.17) is 4.74 Å². The first kappa shape index (κ1) is 20.4. The minimum Gasteiger partial charge on any atom is -0.449 e. The summed E-state index contributed by atoms with van der Waals surface area (Å²) in [5, 5.41) is 2.82. The number of hydrogen-bond donors (Lipinski definition) is 1. The Hall–Kier alpha value is -3.53. The zero-order valence-electron chi connectivity index (χ0n) is 18.2. The number of nitrogens with one attached hydrogen (secondary N) is 1. The average molecular weight is 425 g/mol. The number of amides is 1. The first-order valence-corrected chi connectivity index (χ1v) is 11.4. The molecule has 4 nitrogen and oxygen atoms in total. The molecule has 5 rings (SSSR count). The lowest BCUT2D eigenvalue weighted by Gasteiger charge is -2.17. The van der Waals surface area contributed by atoms with Gasteiger partial charge in [0.1, 0.15) is 6.61 Å². The van der Waals surface area contributed by atoms with Gasteiger partial charge in [-0.05, 0) is 52.8 Å². The Labute approximate surface area is 189 Å². The highest BCUT2D eigenvalue weighted by Gasteiger charge is 2.28. The zero-order chi connectivity index (χ0) is 21.8. The van der Waals surface area contributed by atoms with E-state index in [0.717, 1.165) is 18.7 Å². The van der Waals surface area contributed by atoms with Gasteiger partial charge in [0.05, 0.1) is 0 Å². The number of anilines is 1. The molecule has 0 saturated carbocycles. The molecule has 0 radical (unpaired) electrons. The van der Waals surface area contributed by atoms with Gasteiger partial charge in [0, 0.05) is 31.2 Å². The first-order valence-electron chi connectivity index (χ1n) is 11.4. The van der Waals surface area contributed by atoms with Gasteiger partial charge in [-0.2, -0.15) is 0 Å². The van der Waals surface area contributed by atoms with E-state index in [1.54, 1.807) is 0 Å². The minimum absolute atomic E-state index is 0.0813. The Morgan fingerprint density at radius 1 is 0.906 bits per heavy atom. The predicted octanol–water partition coefficient (Wildman–Crippen LogP) is 5.84. The number of alkyl carbamates (subject to hydrolysis) is 1. The van der Waals surface area contributed by atoms with E-state index in [1.807, 2.05) is 24.3 Å². The number of carbonyl (C=O) groups is 1. The van der Waals surface area contributed by atoms with Crippen molar-refractivity contribution in [3.8, 4) is 11.1 Å². The van der Waals surface area contributed by atoms with E-state index in [1.165, 1.54) is 40.8 Å². The van der Waals surface area contributed by atoms with Crippen molar-refractivity contribution < 1.29 is 9.53 Å². The van der Waals surface area contributed by atoms with Crippen molar-refractivity contribution in [2.45, 2.75) is 18.8 Å². The lowest BCUT2D eigenvalue weighted by atomic mass is 9.98. The second-order valence-electron chi connectivity index (χ2n) is 8.39. The van der Waals surface area contributed by atoms with Crippen molar-refractivity contribution in [1.29, 1.82) is 0 Å². The summed E-state index contributed by atoms with van der Waals surface area (Å²) in [6, 6.07) is 25.3. The second-order valence-corrected chi connectivity index (χ2v) is 8.39. The van der Waals surface area contributed by atoms with Crippen molar-refractivity contribution >= 4 is 17.9 Å². The van der Waals surface area contributed by atoms with Gasteiger partial charge in [-0.3, -0.25) is 0 Å². The van der Waals surface area contributed by atoms with Crippen molar-refractivity contribution in [1.82, 2.24) is 5.32 Å². The highest BCUT2D eigenvalue weighted by molar-refractivity contribution is 5.79. The summed E-state index contributed by atoms with van der Waals surface area (Å²) in [6.07, 6.45) is 6.15. The molecule has 2 aliphatic rings. The van der Waals surface area contributed by atoms with Gasteiger partial charge < -0.3 is 15.0 Å². The predicted molar refractivity (Wildman–Crippen MR) is 130 cm³/mol. The van der Waals surface area contributed by atoms with Crippen LogP contribution < -0.4 is 10.2 Å². The molecule has 1 fully saturated rings. The largest absolute Gasteiger partial charge is 0.449 e. The SMILES string of the molecule is O=C(NCC=Cc1ccc(N2CCCC2)cc1)OCC1c2ccccc2-c2ccccc21. The molecule has 0 aromatic heterocycles. The van der Waals surface area contributed by atoms with Crippen molar-refractivity contribution in [2.75, 3.05) is 31.1 Å². The van der Waals surface area contributed by atoms with Gasteiger partial charge in [0.25, 0.3) is 0 Å². The quantitative estimate of drug-likeness (QED) is 0.541. The molecular weight excluding hydrogens is 396 g/mol. The molecule has 1 saturated heterocycles. The Bertz CT molecular complexity index is 1070. The van der Waals surface area contributed by atoms with Crippen LogP contribution in [-0.2, 0) is 4.74 Å². The Morgan fingerprint density at radius 3 is 2.19 bits per heavy atom. The van der Waals surface area contributed by atoms with E-state index in [2.05, 4.69) is 70.9 Å². The van der Waals surface area contributed by atoms with E-state index >= 15 is 0 Å². The molecule has 0 unspecified atom stereocenters. The van der Waals surface area contributed by atoms with Crippen molar-refractivity contribution in [2.24, 2.45) is 0 Å². The smallest absolute Gasteiger partial charge is 0.407 e. The van der Waals surface area contributed by atoms with Gasteiger partial charge >= 0.3 is 6.09 Å². The summed E-state index contributed by atoms with van der Waals surface area (Å²) in [4.78, 5) is 14.7. The number of ether oxygens (including phenoxy) is 1. The Morgan fingerprint density at radius 2 is 1.53 bits per heavy atom. The fourth-order valence-corrected chi connectivity index (χ4v) is 4.76. The summed E-state index contributed by atoms with van der Waals surface area (Å²) < 4.78 is 5.58. The molecule has 0 atom stereocenters. The number of benzene rings is 3. The van der Waals surface area contributed by atoms with Gasteiger partial charge in [-0.15, -0.1) is 0 Å². The van der Waals surface area contributed by atoms with E-state index < -0.39 is 0 Å². The summed E-state index contributed by atoms with van der Waals surface area (Å²) in [7, 11) is 0. The highest BCUT2D eigenvalue weighted by Crippen LogP contribution is 2.44. The third kappa shape index (κ3) is 4.26. The van der Waals surface area contributed by atoms with Crippen LogP contribution in [0.1, 0.15) is 35.4 Å². The van der Waals surface area contributed by atoms with Crippen LogP contribution in [-0.4, -0.2) is 32.3 Å². The number of hydrogen-bond acceptors (Lipinski definition) is 3. The zero-order valence-corrected chi connectivity index (χ0v) is 18.2. The van der Waals surface area contributed by atoms with Crippen LogP contribution in [0, 0.1) is 0 Å². The van der Waals surface area contributed by atoms with Crippen LogP contribution in [0.5, 0.6) is 0 Å². The average Bonchev–Trinajstić information content (AvgIpc) is 3.48. The maximum absolute atomic E-state index is 12.3. The van der Waals surface area contributed by atoms with Gasteiger partial charge in [0.15, 0.2) is 0 Å². The molecular formula is C28H28N2O2. The Balaban J connectivity index is 1.12. The van der Waals surface area contributed by atoms with Crippen LogP contribution in [0.2, 0.25) is 0 Å². The maximum atomic E-state index is 12.3. The first-order chi connectivity index (χ1) is 15.8. The number of nitrogens with zero attached hydrogens (tertiary/aromatic N) is 1. The van der Waals surface area contributed by atoms with Crippen molar-refractivity contribution in [3.05, 3.63) is 95.6 Å². The van der Waals surface area contributed by atoms with Crippen LogP contribution in [0.3, 0.4) is 0 Å². The molecule has 3 aromatic carbocycles. The number of rotatable bonds is 6. The molecule has 1 aliphatic heterocycles. The maximum Gasteiger partial charge on any atom is 0.407 e. The van der Waals surface area contributed by atoms with Crippen LogP contribution in [0.4, 0.5) is 10.5 Å². The summed E-state index contributed by atoms with van der Waals surface area (Å²) >= 11 is 0. The van der Waals surface area contributed by atoms with E-state index in [0.29, 0.717) is 13.2 Å². The number of carbonyl (C=O) groups excluding carboxylic acids is 1. The normalized spacial score (nSPS) is 15.1. The fourth-order valence-electron chi connectivity index (χ4n) is 4.76. The summed E-state index contributed by atoms with van der Waals surface area (Å²) in [5.74, 6) is 0.0813. The molecule has 1 amide bonds. The highest BCUT2D eigenvalue weighted by atomic mass is 16.5. The van der Waals surface area contributed by atoms with Gasteiger partial charge in [-0.25, -0.2) is 4.79 Å².